The molecule has 0 aliphatic heterocycles. The Labute approximate surface area is 98.8 Å². The van der Waals surface area contributed by atoms with Crippen molar-refractivity contribution in [3.63, 3.8) is 0 Å². The summed E-state index contributed by atoms with van der Waals surface area (Å²) in [6.45, 7) is 7.53. The highest BCUT2D eigenvalue weighted by molar-refractivity contribution is 5.24. The van der Waals surface area contributed by atoms with E-state index in [1.54, 1.807) is 0 Å². The molecular weight excluding hydrogens is 198 g/mol. The second-order valence-corrected chi connectivity index (χ2v) is 4.64. The van der Waals surface area contributed by atoms with Crippen molar-refractivity contribution in [2.45, 2.75) is 39.2 Å². The van der Waals surface area contributed by atoms with E-state index in [2.05, 4.69) is 31.2 Å². The molecule has 2 heteroatoms. The summed E-state index contributed by atoms with van der Waals surface area (Å²) in [4.78, 5) is 0. The van der Waals surface area contributed by atoms with Crippen LogP contribution in [0, 0.1) is 0 Å². The topological polar surface area (TPSA) is 35.2 Å². The highest BCUT2D eigenvalue weighted by Crippen LogP contribution is 2.12. The van der Waals surface area contributed by atoms with Gasteiger partial charge in [0.2, 0.25) is 0 Å². The Hall–Kier alpha value is -0.860. The number of benzene rings is 1. The van der Waals surface area contributed by atoms with Crippen molar-refractivity contribution in [2.75, 3.05) is 13.2 Å². The number of aryl methyl sites for hydroxylation is 1. The molecule has 0 amide bonds. The zero-order valence-corrected chi connectivity index (χ0v) is 10.6. The first-order chi connectivity index (χ1) is 7.57. The van der Waals surface area contributed by atoms with Crippen molar-refractivity contribution in [1.82, 2.24) is 0 Å². The Balaban J connectivity index is 2.57. The van der Waals surface area contributed by atoms with Gasteiger partial charge in [0.1, 0.15) is 0 Å². The number of hydrogen-bond acceptors (Lipinski definition) is 2. The van der Waals surface area contributed by atoms with Gasteiger partial charge in [-0.05, 0) is 37.8 Å². The van der Waals surface area contributed by atoms with Crippen LogP contribution in [0.2, 0.25) is 0 Å². The lowest BCUT2D eigenvalue weighted by Gasteiger charge is -2.24. The van der Waals surface area contributed by atoms with Crippen LogP contribution >= 0.6 is 0 Å². The van der Waals surface area contributed by atoms with Crippen LogP contribution in [0.25, 0.3) is 0 Å². The van der Waals surface area contributed by atoms with Gasteiger partial charge in [0, 0.05) is 12.1 Å². The lowest BCUT2D eigenvalue weighted by atomic mass is 9.94. The summed E-state index contributed by atoms with van der Waals surface area (Å²) in [5, 5.41) is 0. The maximum atomic E-state index is 6.18. The second-order valence-electron chi connectivity index (χ2n) is 4.64. The number of ether oxygens (including phenoxy) is 1. The van der Waals surface area contributed by atoms with E-state index in [0.29, 0.717) is 6.61 Å². The normalized spacial score (nSPS) is 14.8. The van der Waals surface area contributed by atoms with Crippen LogP contribution in [0.3, 0.4) is 0 Å². The standard InChI is InChI=1S/C14H23NO/c1-4-12-6-8-13(9-7-12)10-14(3,15)11-16-5-2/h6-9H,4-5,10-11,15H2,1-3H3. The van der Waals surface area contributed by atoms with E-state index >= 15 is 0 Å². The van der Waals surface area contributed by atoms with Crippen LogP contribution in [-0.2, 0) is 17.6 Å². The van der Waals surface area contributed by atoms with Gasteiger partial charge in [0.05, 0.1) is 6.61 Å². The highest BCUT2D eigenvalue weighted by atomic mass is 16.5. The first-order valence-corrected chi connectivity index (χ1v) is 6.02. The number of hydrogen-bond donors (Lipinski definition) is 1. The van der Waals surface area contributed by atoms with E-state index < -0.39 is 0 Å². The maximum absolute atomic E-state index is 6.18. The fraction of sp³-hybridized carbons (Fsp3) is 0.571. The second kappa shape index (κ2) is 6.02. The maximum Gasteiger partial charge on any atom is 0.0646 e. The van der Waals surface area contributed by atoms with Crippen molar-refractivity contribution in [2.24, 2.45) is 5.73 Å². The van der Waals surface area contributed by atoms with Gasteiger partial charge in [-0.25, -0.2) is 0 Å². The zero-order valence-electron chi connectivity index (χ0n) is 10.6. The average molecular weight is 221 g/mol. The fourth-order valence-electron chi connectivity index (χ4n) is 1.75. The predicted octanol–water partition coefficient (Wildman–Crippen LogP) is 2.55. The molecule has 2 N–H and O–H groups in total. The summed E-state index contributed by atoms with van der Waals surface area (Å²) in [7, 11) is 0. The summed E-state index contributed by atoms with van der Waals surface area (Å²) in [6.07, 6.45) is 1.94. The molecular formula is C14H23NO. The van der Waals surface area contributed by atoms with Crippen LogP contribution in [0.1, 0.15) is 31.9 Å². The molecule has 0 bridgehead atoms. The van der Waals surface area contributed by atoms with Crippen LogP contribution in [0.15, 0.2) is 24.3 Å². The van der Waals surface area contributed by atoms with E-state index in [-0.39, 0.29) is 5.54 Å². The average Bonchev–Trinajstić information content (AvgIpc) is 2.27. The first kappa shape index (κ1) is 13.2. The molecule has 1 aromatic carbocycles. The largest absolute Gasteiger partial charge is 0.380 e. The number of nitrogens with two attached hydrogens (primary N) is 1. The minimum atomic E-state index is -0.274. The highest BCUT2D eigenvalue weighted by Gasteiger charge is 2.18. The molecule has 2 nitrogen and oxygen atoms in total. The summed E-state index contributed by atoms with van der Waals surface area (Å²) in [5.41, 5.74) is 8.55. The van der Waals surface area contributed by atoms with Crippen molar-refractivity contribution in [3.8, 4) is 0 Å². The molecule has 1 unspecified atom stereocenters. The molecule has 0 aromatic heterocycles. The van der Waals surface area contributed by atoms with E-state index in [4.69, 9.17) is 10.5 Å². The van der Waals surface area contributed by atoms with Crippen LogP contribution in [0.5, 0.6) is 0 Å². The molecule has 16 heavy (non-hydrogen) atoms. The number of rotatable bonds is 6. The van der Waals surface area contributed by atoms with Crippen molar-refractivity contribution < 1.29 is 4.74 Å². The van der Waals surface area contributed by atoms with Crippen LogP contribution < -0.4 is 5.73 Å². The molecule has 0 radical (unpaired) electrons. The first-order valence-electron chi connectivity index (χ1n) is 6.02. The third-order valence-corrected chi connectivity index (χ3v) is 2.68. The summed E-state index contributed by atoms with van der Waals surface area (Å²) < 4.78 is 5.39. The molecule has 0 fully saturated rings. The van der Waals surface area contributed by atoms with E-state index in [1.165, 1.54) is 11.1 Å². The SMILES string of the molecule is CCOCC(C)(N)Cc1ccc(CC)cc1. The molecule has 0 aliphatic carbocycles. The Morgan fingerprint density at radius 1 is 1.12 bits per heavy atom. The molecule has 1 atom stereocenters. The van der Waals surface area contributed by atoms with E-state index in [1.807, 2.05) is 13.8 Å². The van der Waals surface area contributed by atoms with Crippen molar-refractivity contribution >= 4 is 0 Å². The smallest absolute Gasteiger partial charge is 0.0646 e. The minimum absolute atomic E-state index is 0.274. The third kappa shape index (κ3) is 4.33. The summed E-state index contributed by atoms with van der Waals surface area (Å²) in [5.74, 6) is 0. The quantitative estimate of drug-likeness (QED) is 0.801. The third-order valence-electron chi connectivity index (χ3n) is 2.68. The van der Waals surface area contributed by atoms with Gasteiger partial charge < -0.3 is 10.5 Å². The van der Waals surface area contributed by atoms with Crippen molar-refractivity contribution in [3.05, 3.63) is 35.4 Å². The minimum Gasteiger partial charge on any atom is -0.380 e. The molecule has 0 saturated heterocycles. The van der Waals surface area contributed by atoms with Gasteiger partial charge >= 0.3 is 0 Å². The van der Waals surface area contributed by atoms with Crippen molar-refractivity contribution in [1.29, 1.82) is 0 Å². The molecule has 0 aliphatic rings. The van der Waals surface area contributed by atoms with Gasteiger partial charge in [0.15, 0.2) is 0 Å². The lowest BCUT2D eigenvalue weighted by molar-refractivity contribution is 0.101. The van der Waals surface area contributed by atoms with Gasteiger partial charge in [0.25, 0.3) is 0 Å². The molecule has 90 valence electrons. The van der Waals surface area contributed by atoms with E-state index in [9.17, 15) is 0 Å². The van der Waals surface area contributed by atoms with Crippen LogP contribution in [0.4, 0.5) is 0 Å². The van der Waals surface area contributed by atoms with Gasteiger partial charge in [-0.3, -0.25) is 0 Å². The molecule has 1 rings (SSSR count). The monoisotopic (exact) mass is 221 g/mol. The Morgan fingerprint density at radius 3 is 2.19 bits per heavy atom. The van der Waals surface area contributed by atoms with Crippen LogP contribution in [-0.4, -0.2) is 18.8 Å². The summed E-state index contributed by atoms with van der Waals surface area (Å²) in [6, 6.07) is 8.67. The molecule has 0 heterocycles. The Bertz CT molecular complexity index is 303. The predicted molar refractivity (Wildman–Crippen MR) is 68.6 cm³/mol. The lowest BCUT2D eigenvalue weighted by Crippen LogP contribution is -2.43. The molecule has 1 aromatic rings. The zero-order chi connectivity index (χ0) is 12.0. The molecule has 0 spiro atoms. The Kier molecular flexibility index (Phi) is 4.97. The van der Waals surface area contributed by atoms with Gasteiger partial charge in [-0.15, -0.1) is 0 Å². The Morgan fingerprint density at radius 2 is 1.69 bits per heavy atom. The molecule has 0 saturated carbocycles. The van der Waals surface area contributed by atoms with Gasteiger partial charge in [-0.1, -0.05) is 31.2 Å². The fourth-order valence-corrected chi connectivity index (χ4v) is 1.75. The van der Waals surface area contributed by atoms with E-state index in [0.717, 1.165) is 19.4 Å². The van der Waals surface area contributed by atoms with Gasteiger partial charge in [-0.2, -0.15) is 0 Å². The summed E-state index contributed by atoms with van der Waals surface area (Å²) >= 11 is 0.